The van der Waals surface area contributed by atoms with Gasteiger partial charge in [-0.3, -0.25) is 0 Å². The van der Waals surface area contributed by atoms with Gasteiger partial charge in [0.15, 0.2) is 5.58 Å². The summed E-state index contributed by atoms with van der Waals surface area (Å²) in [6.45, 7) is 0. The molecule has 0 aliphatic carbocycles. The third-order valence-electron chi connectivity index (χ3n) is 9.43. The Morgan fingerprint density at radius 2 is 1.04 bits per heavy atom. The fourth-order valence-electron chi connectivity index (χ4n) is 7.17. The van der Waals surface area contributed by atoms with Crippen molar-refractivity contribution in [3.8, 4) is 39.5 Å². The van der Waals surface area contributed by atoms with Crippen molar-refractivity contribution in [1.82, 2.24) is 14.5 Å². The van der Waals surface area contributed by atoms with Gasteiger partial charge >= 0.3 is 0 Å². The number of nitrogens with zero attached hydrogens (tertiary/aromatic N) is 3. The maximum absolute atomic E-state index is 6.00. The van der Waals surface area contributed by atoms with Gasteiger partial charge in [0.2, 0.25) is 5.89 Å². The molecule has 0 radical (unpaired) electrons. The molecule has 4 nitrogen and oxygen atoms in total. The summed E-state index contributed by atoms with van der Waals surface area (Å²) in [5.41, 5.74) is 11.4. The third kappa shape index (κ3) is 4.10. The Labute approximate surface area is 276 Å². The Morgan fingerprint density at radius 1 is 0.417 bits per heavy atom. The van der Waals surface area contributed by atoms with Crippen molar-refractivity contribution in [1.29, 1.82) is 0 Å². The number of oxazole rings is 1. The van der Waals surface area contributed by atoms with Gasteiger partial charge in [-0.1, -0.05) is 115 Å². The van der Waals surface area contributed by atoms with Crippen LogP contribution in [-0.2, 0) is 0 Å². The van der Waals surface area contributed by atoms with Gasteiger partial charge in [-0.2, -0.15) is 0 Å². The molecule has 3 aromatic heterocycles. The monoisotopic (exact) mass is 613 g/mol. The number of aromatic nitrogens is 3. The maximum Gasteiger partial charge on any atom is 0.227 e. The Bertz CT molecular complexity index is 2780. The molecule has 0 bridgehead atoms. The molecule has 0 saturated heterocycles. The van der Waals surface area contributed by atoms with Crippen LogP contribution in [0.1, 0.15) is 0 Å². The van der Waals surface area contributed by atoms with Gasteiger partial charge in [0, 0.05) is 38.4 Å². The summed E-state index contributed by atoms with van der Waals surface area (Å²) in [5.74, 6) is 0.633. The van der Waals surface area contributed by atoms with E-state index in [-0.39, 0.29) is 0 Å². The minimum absolute atomic E-state index is 0.633. The topological polar surface area (TPSA) is 43.9 Å². The quantitative estimate of drug-likeness (QED) is 0.186. The molecule has 0 N–H and O–H groups in total. The molecule has 0 aliphatic rings. The standard InChI is InChI=1S/C44H27N3O/c1-2-10-30(11-3-1)42-41-35(33-12-4-6-14-37(33)45-42)26-27-36-34-13-5-8-16-39(34)47(43(36)41)32-24-22-29(23-25-32)28-18-20-31(21-19-28)44-46-38-15-7-9-17-40(38)48-44/h1-27H. The molecule has 48 heavy (non-hydrogen) atoms. The van der Waals surface area contributed by atoms with Crippen molar-refractivity contribution in [2.24, 2.45) is 0 Å². The van der Waals surface area contributed by atoms with Crippen LogP contribution in [0.2, 0.25) is 0 Å². The lowest BCUT2D eigenvalue weighted by molar-refractivity contribution is 0.620. The zero-order valence-electron chi connectivity index (χ0n) is 25.8. The Balaban J connectivity index is 1.15. The molecule has 0 aliphatic heterocycles. The highest BCUT2D eigenvalue weighted by molar-refractivity contribution is 6.25. The van der Waals surface area contributed by atoms with Gasteiger partial charge in [-0.25, -0.2) is 9.97 Å². The lowest BCUT2D eigenvalue weighted by Gasteiger charge is -2.15. The van der Waals surface area contributed by atoms with Crippen LogP contribution in [0.5, 0.6) is 0 Å². The molecule has 0 fully saturated rings. The summed E-state index contributed by atoms with van der Waals surface area (Å²) in [6.07, 6.45) is 0. The van der Waals surface area contributed by atoms with E-state index in [0.717, 1.165) is 61.0 Å². The van der Waals surface area contributed by atoms with E-state index in [0.29, 0.717) is 5.89 Å². The number of rotatable bonds is 4. The second kappa shape index (κ2) is 10.5. The van der Waals surface area contributed by atoms with Crippen molar-refractivity contribution < 1.29 is 4.42 Å². The minimum atomic E-state index is 0.633. The molecule has 0 unspecified atom stereocenters. The van der Waals surface area contributed by atoms with Gasteiger partial charge in [-0.15, -0.1) is 0 Å². The lowest BCUT2D eigenvalue weighted by atomic mass is 9.97. The fraction of sp³-hybridized carbons (Fsp3) is 0. The van der Waals surface area contributed by atoms with Gasteiger partial charge < -0.3 is 8.98 Å². The van der Waals surface area contributed by atoms with E-state index in [9.17, 15) is 0 Å². The molecule has 224 valence electrons. The molecule has 0 amide bonds. The normalized spacial score (nSPS) is 11.8. The molecule has 0 spiro atoms. The van der Waals surface area contributed by atoms with Crippen molar-refractivity contribution in [2.75, 3.05) is 0 Å². The van der Waals surface area contributed by atoms with Crippen LogP contribution < -0.4 is 0 Å². The number of benzene rings is 7. The first kappa shape index (κ1) is 26.7. The van der Waals surface area contributed by atoms with Gasteiger partial charge in [0.05, 0.1) is 22.2 Å². The molecule has 4 heteroatoms. The van der Waals surface area contributed by atoms with Crippen LogP contribution in [-0.4, -0.2) is 14.5 Å². The number of fused-ring (bicyclic) bond motifs is 8. The van der Waals surface area contributed by atoms with Crippen molar-refractivity contribution in [3.05, 3.63) is 164 Å². The summed E-state index contributed by atoms with van der Waals surface area (Å²) in [4.78, 5) is 9.96. The summed E-state index contributed by atoms with van der Waals surface area (Å²) >= 11 is 0. The minimum Gasteiger partial charge on any atom is -0.436 e. The SMILES string of the molecule is c1ccc(-c2nc3ccccc3c3ccc4c5ccccc5n(-c5ccc(-c6ccc(-c7nc8ccccc8o7)cc6)cc5)c4c23)cc1. The van der Waals surface area contributed by atoms with E-state index in [1.165, 1.54) is 27.2 Å². The van der Waals surface area contributed by atoms with Crippen LogP contribution in [0.15, 0.2) is 168 Å². The third-order valence-corrected chi connectivity index (χ3v) is 9.43. The first-order valence-electron chi connectivity index (χ1n) is 16.2. The van der Waals surface area contributed by atoms with E-state index < -0.39 is 0 Å². The first-order chi connectivity index (χ1) is 23.8. The molecule has 7 aromatic carbocycles. The summed E-state index contributed by atoms with van der Waals surface area (Å²) in [6, 6.07) is 57.4. The molecule has 0 atom stereocenters. The van der Waals surface area contributed by atoms with Crippen LogP contribution in [0.25, 0.3) is 94.1 Å². The van der Waals surface area contributed by atoms with Crippen molar-refractivity contribution in [2.45, 2.75) is 0 Å². The van der Waals surface area contributed by atoms with Crippen molar-refractivity contribution >= 4 is 54.6 Å². The second-order valence-corrected chi connectivity index (χ2v) is 12.2. The Kier molecular flexibility index (Phi) is 5.84. The Morgan fingerprint density at radius 3 is 1.83 bits per heavy atom. The maximum atomic E-state index is 6.00. The zero-order chi connectivity index (χ0) is 31.6. The predicted octanol–water partition coefficient (Wildman–Crippen LogP) is 11.6. The number of para-hydroxylation sites is 4. The van der Waals surface area contributed by atoms with E-state index in [1.807, 2.05) is 24.3 Å². The highest BCUT2D eigenvalue weighted by Gasteiger charge is 2.20. The average Bonchev–Trinajstić information content (AvgIpc) is 3.75. The summed E-state index contributed by atoms with van der Waals surface area (Å²) in [5, 5.41) is 5.95. The second-order valence-electron chi connectivity index (χ2n) is 12.2. The number of hydrogen-bond donors (Lipinski definition) is 0. The van der Waals surface area contributed by atoms with Crippen LogP contribution in [0, 0.1) is 0 Å². The smallest absolute Gasteiger partial charge is 0.227 e. The largest absolute Gasteiger partial charge is 0.436 e. The van der Waals surface area contributed by atoms with Gasteiger partial charge in [0.1, 0.15) is 5.52 Å². The number of hydrogen-bond acceptors (Lipinski definition) is 3. The average molecular weight is 614 g/mol. The van der Waals surface area contributed by atoms with Gasteiger partial charge in [-0.05, 0) is 65.0 Å². The van der Waals surface area contributed by atoms with E-state index in [4.69, 9.17) is 9.40 Å². The predicted molar refractivity (Wildman–Crippen MR) is 197 cm³/mol. The van der Waals surface area contributed by atoms with Crippen LogP contribution in [0.3, 0.4) is 0 Å². The molecular formula is C44H27N3O. The van der Waals surface area contributed by atoms with Gasteiger partial charge in [0.25, 0.3) is 0 Å². The van der Waals surface area contributed by atoms with E-state index >= 15 is 0 Å². The fourth-order valence-corrected chi connectivity index (χ4v) is 7.17. The van der Waals surface area contributed by atoms with E-state index in [1.54, 1.807) is 0 Å². The highest BCUT2D eigenvalue weighted by Crippen LogP contribution is 2.42. The molecule has 3 heterocycles. The van der Waals surface area contributed by atoms with E-state index in [2.05, 4.69) is 149 Å². The molecule has 0 saturated carbocycles. The number of pyridine rings is 1. The van der Waals surface area contributed by atoms with Crippen LogP contribution in [0.4, 0.5) is 0 Å². The molecule has 10 rings (SSSR count). The van der Waals surface area contributed by atoms with Crippen LogP contribution >= 0.6 is 0 Å². The zero-order valence-corrected chi connectivity index (χ0v) is 25.8. The lowest BCUT2D eigenvalue weighted by Crippen LogP contribution is -1.97. The molecular weight excluding hydrogens is 587 g/mol. The van der Waals surface area contributed by atoms with Crippen molar-refractivity contribution in [3.63, 3.8) is 0 Å². The Hall–Kier alpha value is -6.52. The summed E-state index contributed by atoms with van der Waals surface area (Å²) in [7, 11) is 0. The summed E-state index contributed by atoms with van der Waals surface area (Å²) < 4.78 is 8.41. The highest BCUT2D eigenvalue weighted by atomic mass is 16.3. The first-order valence-corrected chi connectivity index (χ1v) is 16.2. The molecule has 10 aromatic rings.